The average Bonchev–Trinajstić information content (AvgIpc) is 3.36. The average molecular weight is 510 g/mol. The van der Waals surface area contributed by atoms with Gasteiger partial charge in [0.25, 0.3) is 0 Å². The van der Waals surface area contributed by atoms with E-state index in [0.717, 1.165) is 23.8 Å². The number of hydrogen-bond acceptors (Lipinski definition) is 4. The predicted molar refractivity (Wildman–Crippen MR) is 124 cm³/mol. The Kier molecular flexibility index (Phi) is 8.95. The first-order valence-corrected chi connectivity index (χ1v) is 9.44. The minimum atomic E-state index is -0.114. The molecule has 1 amide bonds. The molecule has 0 aliphatic rings. The number of guanidine groups is 1. The van der Waals surface area contributed by atoms with E-state index in [4.69, 9.17) is 0 Å². The molecule has 0 bridgehead atoms. The molecule has 0 spiro atoms. The van der Waals surface area contributed by atoms with Gasteiger partial charge in [0.05, 0.1) is 6.54 Å². The van der Waals surface area contributed by atoms with Crippen molar-refractivity contribution < 1.29 is 4.79 Å². The molecule has 0 atom stereocenters. The Morgan fingerprint density at radius 2 is 2.04 bits per heavy atom. The number of aromatic nitrogens is 2. The molecule has 1 aromatic carbocycles. The molecule has 28 heavy (non-hydrogen) atoms. The topological polar surface area (TPSA) is 83.3 Å². The van der Waals surface area contributed by atoms with Crippen molar-refractivity contribution >= 4 is 52.9 Å². The van der Waals surface area contributed by atoms with Crippen LogP contribution in [0, 0.1) is 0 Å². The molecule has 0 saturated heterocycles. The van der Waals surface area contributed by atoms with Crippen molar-refractivity contribution in [2.24, 2.45) is 4.99 Å². The molecule has 0 aliphatic heterocycles. The van der Waals surface area contributed by atoms with Gasteiger partial charge in [-0.2, -0.15) is 5.10 Å². The number of nitrogens with zero attached hydrogens (tertiary/aromatic N) is 3. The maximum atomic E-state index is 12.1. The summed E-state index contributed by atoms with van der Waals surface area (Å²) in [6.07, 6.45) is 3.41. The van der Waals surface area contributed by atoms with Crippen LogP contribution in [0.1, 0.15) is 10.4 Å². The van der Waals surface area contributed by atoms with Crippen LogP contribution in [-0.4, -0.2) is 28.7 Å². The Balaban J connectivity index is 0.00000280. The number of benzene rings is 1. The summed E-state index contributed by atoms with van der Waals surface area (Å²) in [4.78, 5) is 17.6. The van der Waals surface area contributed by atoms with E-state index < -0.39 is 0 Å². The molecule has 3 N–H and O–H groups in total. The highest BCUT2D eigenvalue weighted by Crippen LogP contribution is 2.11. The molecule has 0 aliphatic carbocycles. The molecule has 0 fully saturated rings. The summed E-state index contributed by atoms with van der Waals surface area (Å²) in [7, 11) is 1.75. The summed E-state index contributed by atoms with van der Waals surface area (Å²) < 4.78 is 1.59. The smallest absolute Gasteiger partial charge is 0.246 e. The number of halogens is 1. The lowest BCUT2D eigenvalue weighted by molar-refractivity contribution is -0.116. The number of aliphatic imine (C=N–C) groups is 1. The quantitative estimate of drug-likeness (QED) is 0.259. The van der Waals surface area contributed by atoms with Crippen molar-refractivity contribution in [1.82, 2.24) is 20.4 Å². The molecule has 7 nitrogen and oxygen atoms in total. The van der Waals surface area contributed by atoms with E-state index in [0.29, 0.717) is 6.54 Å². The minimum Gasteiger partial charge on any atom is -0.352 e. The zero-order valence-corrected chi connectivity index (χ0v) is 18.6. The van der Waals surface area contributed by atoms with Crippen LogP contribution >= 0.6 is 35.3 Å². The Bertz CT molecular complexity index is 880. The van der Waals surface area contributed by atoms with E-state index >= 15 is 0 Å². The second-order valence-corrected chi connectivity index (χ2v) is 6.84. The fraction of sp³-hybridized carbons (Fsp3) is 0.211. The first-order valence-electron chi connectivity index (χ1n) is 8.56. The lowest BCUT2D eigenvalue weighted by Gasteiger charge is -2.12. The third-order valence-corrected chi connectivity index (χ3v) is 4.65. The van der Waals surface area contributed by atoms with Crippen LogP contribution in [0.5, 0.6) is 0 Å². The van der Waals surface area contributed by atoms with Crippen molar-refractivity contribution in [3.05, 3.63) is 70.7 Å². The van der Waals surface area contributed by atoms with E-state index in [1.165, 1.54) is 4.88 Å². The predicted octanol–water partition coefficient (Wildman–Crippen LogP) is 3.07. The maximum Gasteiger partial charge on any atom is 0.246 e. The van der Waals surface area contributed by atoms with Crippen LogP contribution in [0.4, 0.5) is 5.69 Å². The Morgan fingerprint density at radius 3 is 2.75 bits per heavy atom. The summed E-state index contributed by atoms with van der Waals surface area (Å²) >= 11 is 1.71. The van der Waals surface area contributed by atoms with Gasteiger partial charge < -0.3 is 16.0 Å². The van der Waals surface area contributed by atoms with Crippen molar-refractivity contribution in [1.29, 1.82) is 0 Å². The first-order chi connectivity index (χ1) is 13.2. The van der Waals surface area contributed by atoms with E-state index in [2.05, 4.69) is 37.5 Å². The Hall–Kier alpha value is -2.40. The van der Waals surface area contributed by atoms with Gasteiger partial charge in [0.1, 0.15) is 6.54 Å². The maximum absolute atomic E-state index is 12.1. The molecule has 0 saturated carbocycles. The molecular formula is C19H23IN6OS. The normalized spacial score (nSPS) is 10.8. The second-order valence-electron chi connectivity index (χ2n) is 5.81. The number of nitrogens with one attached hydrogen (secondary N) is 3. The standard InChI is InChI=1S/C19H22N6OS.HI/c1-20-19(22-13-17-7-3-10-27-17)21-12-15-5-2-6-16(11-15)24-18(26)14-25-9-4-8-23-25;/h2-11H,12-14H2,1H3,(H,24,26)(H2,20,21,22);1H. The summed E-state index contributed by atoms with van der Waals surface area (Å²) in [6.45, 7) is 1.53. The fourth-order valence-corrected chi connectivity index (χ4v) is 3.14. The highest BCUT2D eigenvalue weighted by atomic mass is 127. The summed E-state index contributed by atoms with van der Waals surface area (Å²) in [5, 5.41) is 15.5. The van der Waals surface area contributed by atoms with Crippen LogP contribution in [-0.2, 0) is 24.4 Å². The van der Waals surface area contributed by atoms with Gasteiger partial charge in [-0.1, -0.05) is 18.2 Å². The van der Waals surface area contributed by atoms with Gasteiger partial charge in [-0.15, -0.1) is 35.3 Å². The Morgan fingerprint density at radius 1 is 1.18 bits per heavy atom. The third-order valence-electron chi connectivity index (χ3n) is 3.77. The van der Waals surface area contributed by atoms with Gasteiger partial charge in [-0.3, -0.25) is 14.5 Å². The van der Waals surface area contributed by atoms with E-state index in [-0.39, 0.29) is 36.4 Å². The zero-order valence-electron chi connectivity index (χ0n) is 15.5. The molecule has 3 aromatic rings. The number of hydrogen-bond donors (Lipinski definition) is 3. The summed E-state index contributed by atoms with van der Waals surface area (Å²) in [5.41, 5.74) is 1.80. The second kappa shape index (κ2) is 11.4. The molecule has 0 unspecified atom stereocenters. The van der Waals surface area contributed by atoms with Gasteiger partial charge in [0.2, 0.25) is 5.91 Å². The molecule has 9 heteroatoms. The number of rotatable bonds is 7. The van der Waals surface area contributed by atoms with Crippen LogP contribution in [0.25, 0.3) is 0 Å². The first kappa shape index (κ1) is 21.9. The summed E-state index contributed by atoms with van der Waals surface area (Å²) in [6, 6.07) is 13.6. The molecule has 148 valence electrons. The van der Waals surface area contributed by atoms with Crippen LogP contribution < -0.4 is 16.0 Å². The summed E-state index contributed by atoms with van der Waals surface area (Å²) in [5.74, 6) is 0.619. The van der Waals surface area contributed by atoms with Crippen molar-refractivity contribution in [2.75, 3.05) is 12.4 Å². The highest BCUT2D eigenvalue weighted by molar-refractivity contribution is 14.0. The van der Waals surface area contributed by atoms with E-state index in [1.54, 1.807) is 41.5 Å². The van der Waals surface area contributed by atoms with Crippen molar-refractivity contribution in [2.45, 2.75) is 19.6 Å². The van der Waals surface area contributed by atoms with Gasteiger partial charge in [-0.05, 0) is 35.2 Å². The number of thiophene rings is 1. The van der Waals surface area contributed by atoms with Gasteiger partial charge in [-0.25, -0.2) is 0 Å². The lowest BCUT2D eigenvalue weighted by atomic mass is 10.2. The monoisotopic (exact) mass is 510 g/mol. The number of anilines is 1. The van der Waals surface area contributed by atoms with Gasteiger partial charge in [0.15, 0.2) is 5.96 Å². The van der Waals surface area contributed by atoms with Gasteiger partial charge in [0, 0.05) is 36.6 Å². The SMILES string of the molecule is CN=C(NCc1cccc(NC(=O)Cn2cccn2)c1)NCc1cccs1.I. The van der Waals surface area contributed by atoms with Crippen LogP contribution in [0.2, 0.25) is 0 Å². The van der Waals surface area contributed by atoms with Gasteiger partial charge >= 0.3 is 0 Å². The number of carbonyl (C=O) groups excluding carboxylic acids is 1. The number of amides is 1. The molecule has 0 radical (unpaired) electrons. The largest absolute Gasteiger partial charge is 0.352 e. The lowest BCUT2D eigenvalue weighted by Crippen LogP contribution is -2.36. The van der Waals surface area contributed by atoms with Crippen LogP contribution in [0.15, 0.2) is 65.2 Å². The Labute approximate surface area is 185 Å². The third kappa shape index (κ3) is 6.97. The molecule has 3 rings (SSSR count). The van der Waals surface area contributed by atoms with E-state index in [1.807, 2.05) is 30.3 Å². The zero-order chi connectivity index (χ0) is 18.9. The molecular weight excluding hydrogens is 487 g/mol. The number of carbonyl (C=O) groups is 1. The van der Waals surface area contributed by atoms with Crippen LogP contribution in [0.3, 0.4) is 0 Å². The highest BCUT2D eigenvalue weighted by Gasteiger charge is 2.05. The fourth-order valence-electron chi connectivity index (χ4n) is 2.49. The molecule has 2 aromatic heterocycles. The van der Waals surface area contributed by atoms with E-state index in [9.17, 15) is 4.79 Å². The van der Waals surface area contributed by atoms with Crippen molar-refractivity contribution in [3.8, 4) is 0 Å². The van der Waals surface area contributed by atoms with Crippen molar-refractivity contribution in [3.63, 3.8) is 0 Å². The minimum absolute atomic E-state index is 0. The molecule has 2 heterocycles.